The van der Waals surface area contributed by atoms with Gasteiger partial charge in [0, 0.05) is 6.54 Å². The predicted octanol–water partition coefficient (Wildman–Crippen LogP) is 3.75. The second kappa shape index (κ2) is 8.66. The standard InChI is InChI=1S/C19H17F4NO3/c1-12(17(25)24-10-9-13-5-7-16(20)8-6-13)27-18(26)14-3-2-4-15(11-14)19(21,22)23/h2-8,11-12H,9-10H2,1H3,(H,24,25)/t12-/m0/s1. The van der Waals surface area contributed by atoms with Gasteiger partial charge in [0.1, 0.15) is 5.82 Å². The monoisotopic (exact) mass is 383 g/mol. The third-order valence-corrected chi connectivity index (χ3v) is 3.70. The number of amides is 1. The molecule has 4 nitrogen and oxygen atoms in total. The number of esters is 1. The summed E-state index contributed by atoms with van der Waals surface area (Å²) in [6, 6.07) is 9.54. The van der Waals surface area contributed by atoms with Crippen molar-refractivity contribution in [1.82, 2.24) is 5.32 Å². The minimum absolute atomic E-state index is 0.232. The minimum atomic E-state index is -4.58. The molecule has 0 radical (unpaired) electrons. The molecule has 1 N–H and O–H groups in total. The highest BCUT2D eigenvalue weighted by Gasteiger charge is 2.31. The molecule has 0 unspecified atom stereocenters. The Morgan fingerprint density at radius 3 is 2.41 bits per heavy atom. The van der Waals surface area contributed by atoms with Gasteiger partial charge in [0.05, 0.1) is 11.1 Å². The van der Waals surface area contributed by atoms with Crippen molar-refractivity contribution in [3.63, 3.8) is 0 Å². The first kappa shape index (κ1) is 20.4. The van der Waals surface area contributed by atoms with E-state index in [4.69, 9.17) is 4.74 Å². The van der Waals surface area contributed by atoms with Gasteiger partial charge in [-0.15, -0.1) is 0 Å². The molecule has 0 aliphatic heterocycles. The Hall–Kier alpha value is -2.90. The zero-order chi connectivity index (χ0) is 20.0. The Balaban J connectivity index is 1.86. The molecule has 2 aromatic rings. The third kappa shape index (κ3) is 6.09. The highest BCUT2D eigenvalue weighted by molar-refractivity contribution is 5.92. The Bertz CT molecular complexity index is 803. The summed E-state index contributed by atoms with van der Waals surface area (Å²) in [4.78, 5) is 23.9. The van der Waals surface area contributed by atoms with Crippen molar-refractivity contribution in [2.75, 3.05) is 6.54 Å². The fourth-order valence-electron chi connectivity index (χ4n) is 2.23. The van der Waals surface area contributed by atoms with Gasteiger partial charge in [-0.25, -0.2) is 9.18 Å². The molecule has 0 heterocycles. The van der Waals surface area contributed by atoms with Crippen LogP contribution in [0.2, 0.25) is 0 Å². The van der Waals surface area contributed by atoms with Crippen LogP contribution >= 0.6 is 0 Å². The second-order valence-electron chi connectivity index (χ2n) is 5.79. The smallest absolute Gasteiger partial charge is 0.416 e. The Morgan fingerprint density at radius 2 is 1.78 bits per heavy atom. The molecule has 0 aromatic heterocycles. The molecule has 1 amide bonds. The fourth-order valence-corrected chi connectivity index (χ4v) is 2.23. The van der Waals surface area contributed by atoms with Crippen LogP contribution in [-0.4, -0.2) is 24.5 Å². The SMILES string of the molecule is C[C@H](OC(=O)c1cccc(C(F)(F)F)c1)C(=O)NCCc1ccc(F)cc1. The average Bonchev–Trinajstić information content (AvgIpc) is 2.62. The fraction of sp³-hybridized carbons (Fsp3) is 0.263. The van der Waals surface area contributed by atoms with Gasteiger partial charge in [-0.1, -0.05) is 18.2 Å². The van der Waals surface area contributed by atoms with Crippen molar-refractivity contribution < 1.29 is 31.9 Å². The number of rotatable bonds is 6. The lowest BCUT2D eigenvalue weighted by Gasteiger charge is -2.14. The number of carbonyl (C=O) groups excluding carboxylic acids is 2. The maximum Gasteiger partial charge on any atom is 0.416 e. The topological polar surface area (TPSA) is 55.4 Å². The minimum Gasteiger partial charge on any atom is -0.449 e. The highest BCUT2D eigenvalue weighted by Crippen LogP contribution is 2.29. The van der Waals surface area contributed by atoms with Crippen LogP contribution in [0.3, 0.4) is 0 Å². The summed E-state index contributed by atoms with van der Waals surface area (Å²) >= 11 is 0. The summed E-state index contributed by atoms with van der Waals surface area (Å²) in [5.41, 5.74) is -0.463. The summed E-state index contributed by atoms with van der Waals surface area (Å²) in [6.07, 6.45) is -5.32. The van der Waals surface area contributed by atoms with E-state index in [1.54, 1.807) is 12.1 Å². The average molecular weight is 383 g/mol. The number of ether oxygens (including phenoxy) is 1. The van der Waals surface area contributed by atoms with Gasteiger partial charge in [0.15, 0.2) is 6.10 Å². The lowest BCUT2D eigenvalue weighted by Crippen LogP contribution is -2.36. The highest BCUT2D eigenvalue weighted by atomic mass is 19.4. The maximum absolute atomic E-state index is 12.8. The van der Waals surface area contributed by atoms with Crippen LogP contribution in [0, 0.1) is 5.82 Å². The van der Waals surface area contributed by atoms with Crippen LogP contribution in [0.25, 0.3) is 0 Å². The molecular formula is C19H17F4NO3. The molecule has 8 heteroatoms. The van der Waals surface area contributed by atoms with Crippen molar-refractivity contribution in [3.05, 3.63) is 71.0 Å². The molecule has 0 fully saturated rings. The van der Waals surface area contributed by atoms with Gasteiger partial charge in [-0.3, -0.25) is 4.79 Å². The predicted molar refractivity (Wildman–Crippen MR) is 89.4 cm³/mol. The van der Waals surface area contributed by atoms with Gasteiger partial charge < -0.3 is 10.1 Å². The molecule has 2 aromatic carbocycles. The van der Waals surface area contributed by atoms with Crippen LogP contribution in [0.5, 0.6) is 0 Å². The number of hydrogen-bond donors (Lipinski definition) is 1. The first-order valence-corrected chi connectivity index (χ1v) is 8.07. The Kier molecular flexibility index (Phi) is 6.55. The van der Waals surface area contributed by atoms with Crippen LogP contribution < -0.4 is 5.32 Å². The molecule has 1 atom stereocenters. The zero-order valence-electron chi connectivity index (χ0n) is 14.3. The van der Waals surface area contributed by atoms with Crippen LogP contribution in [0.1, 0.15) is 28.4 Å². The first-order chi connectivity index (χ1) is 12.7. The van der Waals surface area contributed by atoms with Crippen molar-refractivity contribution in [2.24, 2.45) is 0 Å². The normalized spacial score (nSPS) is 12.3. The Morgan fingerprint density at radius 1 is 1.11 bits per heavy atom. The molecule has 0 aliphatic rings. The zero-order valence-corrected chi connectivity index (χ0v) is 14.3. The van der Waals surface area contributed by atoms with E-state index in [9.17, 15) is 27.2 Å². The molecule has 27 heavy (non-hydrogen) atoms. The van der Waals surface area contributed by atoms with E-state index in [1.807, 2.05) is 0 Å². The van der Waals surface area contributed by atoms with Crippen molar-refractivity contribution in [2.45, 2.75) is 25.6 Å². The summed E-state index contributed by atoms with van der Waals surface area (Å²) in [5, 5.41) is 2.55. The largest absolute Gasteiger partial charge is 0.449 e. The summed E-state index contributed by atoms with van der Waals surface area (Å²) in [6.45, 7) is 1.55. The van der Waals surface area contributed by atoms with Gasteiger partial charge in [0.2, 0.25) is 0 Å². The van der Waals surface area contributed by atoms with Gasteiger partial charge >= 0.3 is 12.1 Å². The molecule has 0 bridgehead atoms. The number of hydrogen-bond acceptors (Lipinski definition) is 3. The molecule has 0 aliphatic carbocycles. The van der Waals surface area contributed by atoms with Gasteiger partial charge in [-0.2, -0.15) is 13.2 Å². The van der Waals surface area contributed by atoms with E-state index in [1.165, 1.54) is 25.1 Å². The van der Waals surface area contributed by atoms with E-state index < -0.39 is 29.7 Å². The van der Waals surface area contributed by atoms with E-state index in [-0.39, 0.29) is 17.9 Å². The van der Waals surface area contributed by atoms with Crippen LogP contribution in [0.15, 0.2) is 48.5 Å². The summed E-state index contributed by atoms with van der Waals surface area (Å²) in [5.74, 6) is -1.97. The van der Waals surface area contributed by atoms with Crippen molar-refractivity contribution in [3.8, 4) is 0 Å². The number of alkyl halides is 3. The number of benzene rings is 2. The quantitative estimate of drug-likeness (QED) is 0.611. The van der Waals surface area contributed by atoms with Crippen LogP contribution in [0.4, 0.5) is 17.6 Å². The van der Waals surface area contributed by atoms with Crippen molar-refractivity contribution >= 4 is 11.9 Å². The van der Waals surface area contributed by atoms with E-state index in [0.29, 0.717) is 12.5 Å². The molecule has 144 valence electrons. The molecular weight excluding hydrogens is 366 g/mol. The van der Waals surface area contributed by atoms with E-state index >= 15 is 0 Å². The Labute approximate surface area is 153 Å². The lowest BCUT2D eigenvalue weighted by molar-refractivity contribution is -0.137. The van der Waals surface area contributed by atoms with E-state index in [0.717, 1.165) is 17.7 Å². The number of halogens is 4. The molecule has 0 spiro atoms. The first-order valence-electron chi connectivity index (χ1n) is 8.07. The molecule has 0 saturated heterocycles. The molecule has 0 saturated carbocycles. The lowest BCUT2D eigenvalue weighted by atomic mass is 10.1. The summed E-state index contributed by atoms with van der Waals surface area (Å²) in [7, 11) is 0. The summed E-state index contributed by atoms with van der Waals surface area (Å²) < 4.78 is 55.8. The number of carbonyl (C=O) groups is 2. The molecule has 2 rings (SSSR count). The van der Waals surface area contributed by atoms with Gasteiger partial charge in [0.25, 0.3) is 5.91 Å². The second-order valence-corrected chi connectivity index (χ2v) is 5.79. The van der Waals surface area contributed by atoms with Crippen molar-refractivity contribution in [1.29, 1.82) is 0 Å². The number of nitrogens with one attached hydrogen (secondary N) is 1. The van der Waals surface area contributed by atoms with Crippen LogP contribution in [-0.2, 0) is 22.1 Å². The van der Waals surface area contributed by atoms with E-state index in [2.05, 4.69) is 5.32 Å². The third-order valence-electron chi connectivity index (χ3n) is 3.70. The van der Waals surface area contributed by atoms with Gasteiger partial charge in [-0.05, 0) is 49.2 Å². The maximum atomic E-state index is 12.8.